The van der Waals surface area contributed by atoms with Crippen molar-refractivity contribution in [2.45, 2.75) is 0 Å². The van der Waals surface area contributed by atoms with Crippen molar-refractivity contribution in [3.05, 3.63) is 35.4 Å². The molecule has 0 aliphatic heterocycles. The van der Waals surface area contributed by atoms with Gasteiger partial charge in [0.1, 0.15) is 11.1 Å². The zero-order valence-electron chi connectivity index (χ0n) is 19.7. The van der Waals surface area contributed by atoms with Crippen LogP contribution in [0.4, 0.5) is 0 Å². The third kappa shape index (κ3) is 5.61. The molecule has 0 heterocycles. The number of methoxy groups -OCH3 is 6. The standard InChI is InChI=1S/C23H26O11/c1-27-16-9-7-14(18(29-3)20(16)31-5)22(25)33-11-13(24)12-34-23(26)15-8-10-17(28-2)21(32-6)19(15)30-4/h7-10H,11-12H2,1-6H3. The molecule has 0 amide bonds. The molecule has 0 fully saturated rings. The summed E-state index contributed by atoms with van der Waals surface area (Å²) >= 11 is 0. The summed E-state index contributed by atoms with van der Waals surface area (Å²) in [6, 6.07) is 5.82. The number of ketones is 1. The lowest BCUT2D eigenvalue weighted by molar-refractivity contribution is -0.125. The molecule has 2 aromatic rings. The molecule has 2 aromatic carbocycles. The predicted octanol–water partition coefficient (Wildman–Crippen LogP) is 2.32. The normalized spacial score (nSPS) is 10.1. The van der Waals surface area contributed by atoms with Crippen LogP contribution in [0, 0.1) is 0 Å². The Balaban J connectivity index is 2.03. The van der Waals surface area contributed by atoms with Gasteiger partial charge in [-0.2, -0.15) is 0 Å². The number of carbonyl (C=O) groups excluding carboxylic acids is 3. The van der Waals surface area contributed by atoms with Gasteiger partial charge in [-0.25, -0.2) is 9.59 Å². The summed E-state index contributed by atoms with van der Waals surface area (Å²) in [5.74, 6) is -1.04. The van der Waals surface area contributed by atoms with E-state index in [1.165, 1.54) is 66.9 Å². The number of rotatable bonds is 12. The zero-order chi connectivity index (χ0) is 25.3. The van der Waals surface area contributed by atoms with Crippen LogP contribution >= 0.6 is 0 Å². The third-order valence-electron chi connectivity index (χ3n) is 4.58. The van der Waals surface area contributed by atoms with Gasteiger partial charge in [0.15, 0.2) is 36.2 Å². The fourth-order valence-corrected chi connectivity index (χ4v) is 3.01. The molecule has 0 radical (unpaired) electrons. The van der Waals surface area contributed by atoms with Gasteiger partial charge in [0, 0.05) is 0 Å². The topological polar surface area (TPSA) is 125 Å². The second kappa shape index (κ2) is 12.2. The molecular weight excluding hydrogens is 452 g/mol. The first-order valence-corrected chi connectivity index (χ1v) is 9.80. The Labute approximate surface area is 196 Å². The van der Waals surface area contributed by atoms with Gasteiger partial charge in [0.25, 0.3) is 0 Å². The summed E-state index contributed by atoms with van der Waals surface area (Å²) in [4.78, 5) is 37.1. The van der Waals surface area contributed by atoms with E-state index in [9.17, 15) is 14.4 Å². The van der Waals surface area contributed by atoms with Crippen LogP contribution in [0.25, 0.3) is 0 Å². The van der Waals surface area contributed by atoms with E-state index in [1.807, 2.05) is 0 Å². The molecule has 11 heteroatoms. The Kier molecular flexibility index (Phi) is 9.36. The molecule has 0 unspecified atom stereocenters. The second-order valence-electron chi connectivity index (χ2n) is 6.45. The number of hydrogen-bond acceptors (Lipinski definition) is 11. The molecule has 2 rings (SSSR count). The van der Waals surface area contributed by atoms with Gasteiger partial charge in [0.05, 0.1) is 42.7 Å². The molecule has 0 N–H and O–H groups in total. The minimum Gasteiger partial charge on any atom is -0.493 e. The summed E-state index contributed by atoms with van der Waals surface area (Å²) in [6.07, 6.45) is 0. The molecule has 0 saturated heterocycles. The van der Waals surface area contributed by atoms with Crippen molar-refractivity contribution < 1.29 is 52.3 Å². The van der Waals surface area contributed by atoms with Crippen molar-refractivity contribution in [2.75, 3.05) is 55.9 Å². The zero-order valence-corrected chi connectivity index (χ0v) is 19.7. The van der Waals surface area contributed by atoms with Crippen LogP contribution in [-0.4, -0.2) is 73.6 Å². The summed E-state index contributed by atoms with van der Waals surface area (Å²) in [5.41, 5.74) is 0.0556. The van der Waals surface area contributed by atoms with Crippen LogP contribution in [0.15, 0.2) is 24.3 Å². The SMILES string of the molecule is COc1ccc(C(=O)OCC(=O)COC(=O)c2ccc(OC)c(OC)c2OC)c(OC)c1OC. The van der Waals surface area contributed by atoms with Crippen LogP contribution in [0.5, 0.6) is 34.5 Å². The van der Waals surface area contributed by atoms with Crippen LogP contribution in [-0.2, 0) is 14.3 Å². The molecule has 0 bridgehead atoms. The van der Waals surface area contributed by atoms with Crippen molar-refractivity contribution in [1.82, 2.24) is 0 Å². The number of ether oxygens (including phenoxy) is 8. The Morgan fingerprint density at radius 3 is 1.18 bits per heavy atom. The van der Waals surface area contributed by atoms with Crippen molar-refractivity contribution in [3.8, 4) is 34.5 Å². The summed E-state index contributed by atoms with van der Waals surface area (Å²) < 4.78 is 41.3. The molecule has 0 saturated carbocycles. The molecule has 0 aliphatic rings. The van der Waals surface area contributed by atoms with E-state index in [2.05, 4.69) is 0 Å². The molecule has 0 atom stereocenters. The highest BCUT2D eigenvalue weighted by Gasteiger charge is 2.24. The fourth-order valence-electron chi connectivity index (χ4n) is 3.01. The fraction of sp³-hybridized carbons (Fsp3) is 0.348. The summed E-state index contributed by atoms with van der Waals surface area (Å²) in [6.45, 7) is -1.26. The number of benzene rings is 2. The molecule has 184 valence electrons. The van der Waals surface area contributed by atoms with Crippen LogP contribution < -0.4 is 28.4 Å². The van der Waals surface area contributed by atoms with Crippen molar-refractivity contribution in [1.29, 1.82) is 0 Å². The van der Waals surface area contributed by atoms with Gasteiger partial charge in [0.2, 0.25) is 17.3 Å². The lowest BCUT2D eigenvalue weighted by atomic mass is 10.1. The Bertz CT molecular complexity index is 964. The van der Waals surface area contributed by atoms with Gasteiger partial charge >= 0.3 is 11.9 Å². The maximum atomic E-state index is 12.5. The molecule has 0 aromatic heterocycles. The maximum absolute atomic E-state index is 12.5. The van der Waals surface area contributed by atoms with E-state index in [1.54, 1.807) is 0 Å². The minimum absolute atomic E-state index is 0.0278. The molecule has 0 spiro atoms. The van der Waals surface area contributed by atoms with Gasteiger partial charge in [-0.05, 0) is 24.3 Å². The lowest BCUT2D eigenvalue weighted by Gasteiger charge is -2.15. The van der Waals surface area contributed by atoms with Crippen molar-refractivity contribution in [2.24, 2.45) is 0 Å². The third-order valence-corrected chi connectivity index (χ3v) is 4.58. The van der Waals surface area contributed by atoms with Gasteiger partial charge in [-0.1, -0.05) is 0 Å². The highest BCUT2D eigenvalue weighted by Crippen LogP contribution is 2.41. The first-order valence-electron chi connectivity index (χ1n) is 9.80. The van der Waals surface area contributed by atoms with E-state index in [4.69, 9.17) is 37.9 Å². The summed E-state index contributed by atoms with van der Waals surface area (Å²) in [7, 11) is 8.35. The summed E-state index contributed by atoms with van der Waals surface area (Å²) in [5, 5.41) is 0. The number of Topliss-reactive ketones (excluding diaryl/α,β-unsaturated/α-hetero) is 1. The van der Waals surface area contributed by atoms with Crippen LogP contribution in [0.3, 0.4) is 0 Å². The predicted molar refractivity (Wildman–Crippen MR) is 118 cm³/mol. The highest BCUT2D eigenvalue weighted by molar-refractivity contribution is 5.97. The van der Waals surface area contributed by atoms with Crippen LogP contribution in [0.2, 0.25) is 0 Å². The first kappa shape index (κ1) is 26.1. The van der Waals surface area contributed by atoms with E-state index in [-0.39, 0.29) is 34.1 Å². The van der Waals surface area contributed by atoms with Gasteiger partial charge in [-0.15, -0.1) is 0 Å². The smallest absolute Gasteiger partial charge is 0.342 e. The lowest BCUT2D eigenvalue weighted by Crippen LogP contribution is -2.21. The molecule has 0 aliphatic carbocycles. The Morgan fingerprint density at radius 1 is 0.529 bits per heavy atom. The average Bonchev–Trinajstić information content (AvgIpc) is 2.87. The molecular formula is C23H26O11. The van der Waals surface area contributed by atoms with Crippen molar-refractivity contribution in [3.63, 3.8) is 0 Å². The van der Waals surface area contributed by atoms with Gasteiger partial charge in [-0.3, -0.25) is 4.79 Å². The first-order chi connectivity index (χ1) is 16.4. The number of esters is 2. The van der Waals surface area contributed by atoms with E-state index < -0.39 is 30.9 Å². The van der Waals surface area contributed by atoms with E-state index in [0.717, 1.165) is 0 Å². The number of hydrogen-bond donors (Lipinski definition) is 0. The largest absolute Gasteiger partial charge is 0.493 e. The van der Waals surface area contributed by atoms with Crippen LogP contribution in [0.1, 0.15) is 20.7 Å². The Hall–Kier alpha value is -4.15. The van der Waals surface area contributed by atoms with E-state index >= 15 is 0 Å². The maximum Gasteiger partial charge on any atom is 0.342 e. The minimum atomic E-state index is -0.834. The van der Waals surface area contributed by atoms with Gasteiger partial charge < -0.3 is 37.9 Å². The molecule has 34 heavy (non-hydrogen) atoms. The monoisotopic (exact) mass is 478 g/mol. The number of carbonyl (C=O) groups is 3. The second-order valence-corrected chi connectivity index (χ2v) is 6.45. The quantitative estimate of drug-likeness (QED) is 0.417. The molecule has 11 nitrogen and oxygen atoms in total. The van der Waals surface area contributed by atoms with Crippen molar-refractivity contribution >= 4 is 17.7 Å². The Morgan fingerprint density at radius 2 is 0.882 bits per heavy atom. The average molecular weight is 478 g/mol. The highest BCUT2D eigenvalue weighted by atomic mass is 16.6. The van der Waals surface area contributed by atoms with E-state index in [0.29, 0.717) is 11.5 Å².